The van der Waals surface area contributed by atoms with E-state index in [-0.39, 0.29) is 0 Å². The van der Waals surface area contributed by atoms with E-state index in [9.17, 15) is 4.79 Å². The van der Waals surface area contributed by atoms with E-state index in [0.29, 0.717) is 11.6 Å². The van der Waals surface area contributed by atoms with Crippen molar-refractivity contribution >= 4 is 11.8 Å². The Morgan fingerprint density at radius 3 is 2.59 bits per heavy atom. The third-order valence-electron chi connectivity index (χ3n) is 2.75. The van der Waals surface area contributed by atoms with Crippen molar-refractivity contribution in [1.29, 1.82) is 0 Å². The first kappa shape index (κ1) is 13.5. The topological polar surface area (TPSA) is 53.4 Å². The predicted molar refractivity (Wildman–Crippen MR) is 68.7 cm³/mol. The normalized spacial score (nSPS) is 10.6. The molecule has 0 aliphatic rings. The van der Waals surface area contributed by atoms with Gasteiger partial charge in [-0.15, -0.1) is 0 Å². The summed E-state index contributed by atoms with van der Waals surface area (Å²) in [5, 5.41) is 9.08. The molecule has 17 heavy (non-hydrogen) atoms. The fourth-order valence-electron chi connectivity index (χ4n) is 1.52. The van der Waals surface area contributed by atoms with Crippen molar-refractivity contribution in [2.45, 2.75) is 39.7 Å². The second-order valence-corrected chi connectivity index (χ2v) is 4.47. The number of aromatic carboxylic acids is 1. The molecule has 0 fully saturated rings. The van der Waals surface area contributed by atoms with E-state index in [1.54, 1.807) is 12.1 Å². The fourth-order valence-corrected chi connectivity index (χ4v) is 1.52. The lowest BCUT2D eigenvalue weighted by Gasteiger charge is -2.23. The van der Waals surface area contributed by atoms with Crippen LogP contribution in [0.2, 0.25) is 0 Å². The first-order valence-electron chi connectivity index (χ1n) is 5.92. The molecule has 0 spiro atoms. The summed E-state index contributed by atoms with van der Waals surface area (Å²) in [6, 6.07) is 3.58. The van der Waals surface area contributed by atoms with Crippen LogP contribution in [0.1, 0.15) is 43.2 Å². The molecule has 0 radical (unpaired) electrons. The monoisotopic (exact) mass is 236 g/mol. The van der Waals surface area contributed by atoms with E-state index < -0.39 is 5.97 Å². The van der Waals surface area contributed by atoms with Gasteiger partial charge in [0.05, 0.1) is 5.56 Å². The molecule has 0 aliphatic heterocycles. The zero-order valence-electron chi connectivity index (χ0n) is 10.9. The summed E-state index contributed by atoms with van der Waals surface area (Å²) in [4.78, 5) is 17.5. The predicted octanol–water partition coefficient (Wildman–Crippen LogP) is 2.58. The molecule has 1 rings (SSSR count). The maximum Gasteiger partial charge on any atom is 0.335 e. The van der Waals surface area contributed by atoms with E-state index in [1.165, 1.54) is 0 Å². The van der Waals surface area contributed by atoms with Gasteiger partial charge in [-0.3, -0.25) is 0 Å². The minimum Gasteiger partial charge on any atom is -0.478 e. The third-order valence-corrected chi connectivity index (χ3v) is 2.75. The van der Waals surface area contributed by atoms with Gasteiger partial charge < -0.3 is 10.0 Å². The van der Waals surface area contributed by atoms with Crippen LogP contribution in [0.3, 0.4) is 0 Å². The highest BCUT2D eigenvalue weighted by atomic mass is 16.4. The Morgan fingerprint density at radius 1 is 1.47 bits per heavy atom. The first-order valence-corrected chi connectivity index (χ1v) is 5.92. The van der Waals surface area contributed by atoms with Gasteiger partial charge in [0.25, 0.3) is 0 Å². The van der Waals surface area contributed by atoms with Crippen LogP contribution in [0.4, 0.5) is 5.82 Å². The van der Waals surface area contributed by atoms with Crippen LogP contribution in [0.5, 0.6) is 0 Å². The molecule has 4 heteroatoms. The molecule has 0 saturated carbocycles. The Bertz CT molecular complexity index is 402. The van der Waals surface area contributed by atoms with Crippen molar-refractivity contribution in [3.05, 3.63) is 23.4 Å². The van der Waals surface area contributed by atoms with Gasteiger partial charge in [-0.1, -0.05) is 13.3 Å². The quantitative estimate of drug-likeness (QED) is 0.853. The molecule has 1 aromatic rings. The number of carboxylic acid groups (broad SMARTS) is 1. The molecule has 0 amide bonds. The van der Waals surface area contributed by atoms with Crippen molar-refractivity contribution in [2.24, 2.45) is 0 Å². The Kier molecular flexibility index (Phi) is 4.49. The lowest BCUT2D eigenvalue weighted by atomic mass is 10.1. The SMILES string of the molecule is CCCc1cc(C(=O)O)cc(N(C)C(C)C)n1. The standard InChI is InChI=1S/C13H20N2O2/c1-5-6-11-7-10(13(16)17)8-12(14-11)15(4)9(2)3/h7-9H,5-6H2,1-4H3,(H,16,17). The molecular formula is C13H20N2O2. The number of hydrogen-bond donors (Lipinski definition) is 1. The van der Waals surface area contributed by atoms with Gasteiger partial charge in [-0.25, -0.2) is 9.78 Å². The third kappa shape index (κ3) is 3.44. The number of nitrogens with zero attached hydrogens (tertiary/aromatic N) is 2. The minimum absolute atomic E-state index is 0.293. The average molecular weight is 236 g/mol. The van der Waals surface area contributed by atoms with Crippen molar-refractivity contribution in [3.63, 3.8) is 0 Å². The number of pyridine rings is 1. The van der Waals surface area contributed by atoms with Crippen molar-refractivity contribution in [1.82, 2.24) is 4.98 Å². The highest BCUT2D eigenvalue weighted by Crippen LogP contribution is 2.17. The van der Waals surface area contributed by atoms with Crippen LogP contribution in [0.25, 0.3) is 0 Å². The Hall–Kier alpha value is -1.58. The molecule has 1 aromatic heterocycles. The van der Waals surface area contributed by atoms with E-state index >= 15 is 0 Å². The second-order valence-electron chi connectivity index (χ2n) is 4.47. The van der Waals surface area contributed by atoms with E-state index in [4.69, 9.17) is 5.11 Å². The number of hydrogen-bond acceptors (Lipinski definition) is 3. The number of aromatic nitrogens is 1. The minimum atomic E-state index is -0.900. The molecule has 0 aliphatic carbocycles. The van der Waals surface area contributed by atoms with Crippen LogP contribution in [-0.4, -0.2) is 29.1 Å². The van der Waals surface area contributed by atoms with E-state index in [2.05, 4.69) is 25.8 Å². The number of carboxylic acids is 1. The first-order chi connectivity index (χ1) is 7.95. The maximum absolute atomic E-state index is 11.1. The summed E-state index contributed by atoms with van der Waals surface area (Å²) in [5.74, 6) is -0.175. The summed E-state index contributed by atoms with van der Waals surface area (Å²) in [5.41, 5.74) is 1.15. The lowest BCUT2D eigenvalue weighted by molar-refractivity contribution is 0.0696. The average Bonchev–Trinajstić information content (AvgIpc) is 2.27. The van der Waals surface area contributed by atoms with Gasteiger partial charge >= 0.3 is 5.97 Å². The summed E-state index contributed by atoms with van der Waals surface area (Å²) in [6.07, 6.45) is 1.76. The van der Waals surface area contributed by atoms with Crippen LogP contribution in [-0.2, 0) is 6.42 Å². The largest absolute Gasteiger partial charge is 0.478 e. The van der Waals surface area contributed by atoms with Crippen molar-refractivity contribution in [3.8, 4) is 0 Å². The van der Waals surface area contributed by atoms with Crippen LogP contribution < -0.4 is 4.90 Å². The molecule has 1 N–H and O–H groups in total. The molecular weight excluding hydrogens is 216 g/mol. The summed E-state index contributed by atoms with van der Waals surface area (Å²) >= 11 is 0. The fraction of sp³-hybridized carbons (Fsp3) is 0.538. The number of rotatable bonds is 5. The molecule has 4 nitrogen and oxygen atoms in total. The summed E-state index contributed by atoms with van der Waals surface area (Å²) < 4.78 is 0. The van der Waals surface area contributed by atoms with E-state index in [0.717, 1.165) is 24.4 Å². The van der Waals surface area contributed by atoms with Gasteiger partial charge in [0, 0.05) is 18.8 Å². The molecule has 0 bridgehead atoms. The molecule has 0 saturated heterocycles. The molecule has 94 valence electrons. The summed E-state index contributed by atoms with van der Waals surface area (Å²) in [7, 11) is 1.92. The van der Waals surface area contributed by atoms with Gasteiger partial charge in [-0.05, 0) is 32.4 Å². The Labute approximate surface area is 102 Å². The highest BCUT2D eigenvalue weighted by Gasteiger charge is 2.12. The molecule has 1 heterocycles. The van der Waals surface area contributed by atoms with Crippen molar-refractivity contribution < 1.29 is 9.90 Å². The van der Waals surface area contributed by atoms with Crippen molar-refractivity contribution in [2.75, 3.05) is 11.9 Å². The van der Waals surface area contributed by atoms with E-state index in [1.807, 2.05) is 11.9 Å². The number of aryl methyl sites for hydroxylation is 1. The van der Waals surface area contributed by atoms with Gasteiger partial charge in [-0.2, -0.15) is 0 Å². The van der Waals surface area contributed by atoms with Crippen LogP contribution in [0.15, 0.2) is 12.1 Å². The van der Waals surface area contributed by atoms with Gasteiger partial charge in [0.2, 0.25) is 0 Å². The van der Waals surface area contributed by atoms with Crippen LogP contribution in [0, 0.1) is 0 Å². The molecule has 0 unspecified atom stereocenters. The second kappa shape index (κ2) is 5.66. The molecule has 0 atom stereocenters. The molecule has 0 aromatic carbocycles. The van der Waals surface area contributed by atoms with Gasteiger partial charge in [0.15, 0.2) is 0 Å². The maximum atomic E-state index is 11.1. The highest BCUT2D eigenvalue weighted by molar-refractivity contribution is 5.88. The zero-order chi connectivity index (χ0) is 13.0. The number of carbonyl (C=O) groups is 1. The van der Waals surface area contributed by atoms with Crippen LogP contribution >= 0.6 is 0 Å². The Balaban J connectivity index is 3.16. The zero-order valence-corrected chi connectivity index (χ0v) is 10.9. The lowest BCUT2D eigenvalue weighted by Crippen LogP contribution is -2.27. The number of anilines is 1. The van der Waals surface area contributed by atoms with Gasteiger partial charge in [0.1, 0.15) is 5.82 Å². The smallest absolute Gasteiger partial charge is 0.335 e. The summed E-state index contributed by atoms with van der Waals surface area (Å²) in [6.45, 7) is 6.16. The Morgan fingerprint density at radius 2 is 2.12 bits per heavy atom.